The Balaban J connectivity index is 1.71. The number of hydrogen-bond donors (Lipinski definition) is 1. The first kappa shape index (κ1) is 10.3. The molecule has 0 saturated heterocycles. The van der Waals surface area contributed by atoms with E-state index in [1.165, 1.54) is 24.0 Å². The van der Waals surface area contributed by atoms with Crippen molar-refractivity contribution >= 4 is 0 Å². The van der Waals surface area contributed by atoms with Crippen LogP contribution < -0.4 is 0 Å². The number of aliphatic hydroxyl groups excluding tert-OH is 1. The number of hydrogen-bond acceptors (Lipinski definition) is 2. The van der Waals surface area contributed by atoms with Gasteiger partial charge in [0.25, 0.3) is 0 Å². The first-order valence-corrected chi connectivity index (χ1v) is 6.32. The number of benzene rings is 1. The Hall–Kier alpha value is -0.860. The summed E-state index contributed by atoms with van der Waals surface area (Å²) in [5, 5.41) is 9.73. The van der Waals surface area contributed by atoms with Crippen LogP contribution in [0.15, 0.2) is 24.3 Å². The zero-order valence-corrected chi connectivity index (χ0v) is 9.60. The highest BCUT2D eigenvalue weighted by atomic mass is 16.3. The maximum absolute atomic E-state index is 9.73. The fourth-order valence-electron chi connectivity index (χ4n) is 3.09. The van der Waals surface area contributed by atoms with Gasteiger partial charge in [0.05, 0.1) is 6.10 Å². The molecule has 2 heteroatoms. The minimum absolute atomic E-state index is 0.0672. The Bertz CT molecular complexity index is 352. The van der Waals surface area contributed by atoms with Gasteiger partial charge in [0.1, 0.15) is 0 Å². The van der Waals surface area contributed by atoms with Crippen LogP contribution in [0.3, 0.4) is 0 Å². The van der Waals surface area contributed by atoms with Gasteiger partial charge >= 0.3 is 0 Å². The predicted molar refractivity (Wildman–Crippen MR) is 64.0 cm³/mol. The lowest BCUT2D eigenvalue weighted by molar-refractivity contribution is 0.0603. The summed E-state index contributed by atoms with van der Waals surface area (Å²) < 4.78 is 0. The molecule has 0 bridgehead atoms. The molecule has 1 fully saturated rings. The van der Waals surface area contributed by atoms with E-state index in [4.69, 9.17) is 0 Å². The average molecular weight is 217 g/mol. The lowest BCUT2D eigenvalue weighted by atomic mass is 9.92. The van der Waals surface area contributed by atoms with Crippen LogP contribution in [-0.2, 0) is 13.1 Å². The molecule has 16 heavy (non-hydrogen) atoms. The van der Waals surface area contributed by atoms with Crippen molar-refractivity contribution < 1.29 is 5.11 Å². The third-order valence-corrected chi connectivity index (χ3v) is 4.00. The van der Waals surface area contributed by atoms with E-state index >= 15 is 0 Å². The molecular weight excluding hydrogens is 198 g/mol. The van der Waals surface area contributed by atoms with Crippen molar-refractivity contribution in [3.05, 3.63) is 35.4 Å². The Morgan fingerprint density at radius 2 is 1.75 bits per heavy atom. The van der Waals surface area contributed by atoms with Gasteiger partial charge in [0, 0.05) is 19.1 Å². The number of rotatable bonds is 1. The van der Waals surface area contributed by atoms with Gasteiger partial charge in [0.2, 0.25) is 0 Å². The van der Waals surface area contributed by atoms with Crippen molar-refractivity contribution in [2.24, 2.45) is 0 Å². The van der Waals surface area contributed by atoms with E-state index in [0.717, 1.165) is 25.9 Å². The van der Waals surface area contributed by atoms with E-state index in [2.05, 4.69) is 29.2 Å². The molecule has 1 aromatic rings. The summed E-state index contributed by atoms with van der Waals surface area (Å²) in [6.07, 6.45) is 4.33. The smallest absolute Gasteiger partial charge is 0.0555 e. The third kappa shape index (κ3) is 1.87. The molecule has 0 aromatic heterocycles. The normalized spacial score (nSPS) is 30.3. The minimum atomic E-state index is -0.0672. The number of fused-ring (bicyclic) bond motifs is 1. The molecule has 0 amide bonds. The van der Waals surface area contributed by atoms with Crippen LogP contribution >= 0.6 is 0 Å². The van der Waals surface area contributed by atoms with E-state index in [0.29, 0.717) is 6.04 Å². The molecule has 3 rings (SSSR count). The zero-order valence-electron chi connectivity index (χ0n) is 9.60. The van der Waals surface area contributed by atoms with Gasteiger partial charge < -0.3 is 5.11 Å². The minimum Gasteiger partial charge on any atom is -0.393 e. The molecule has 1 N–H and O–H groups in total. The highest BCUT2D eigenvalue weighted by molar-refractivity contribution is 5.30. The number of nitrogens with zero attached hydrogens (tertiary/aromatic N) is 1. The molecule has 2 atom stereocenters. The molecule has 0 spiro atoms. The quantitative estimate of drug-likeness (QED) is 0.780. The van der Waals surface area contributed by atoms with Crippen LogP contribution in [0.5, 0.6) is 0 Å². The molecule has 2 nitrogen and oxygen atoms in total. The standard InChI is InChI=1S/C14H19NO/c16-14-7-3-6-13(8-14)15-9-11-4-1-2-5-12(11)10-15/h1-2,4-5,13-14,16H,3,6-10H2. The zero-order chi connectivity index (χ0) is 11.0. The van der Waals surface area contributed by atoms with Gasteiger partial charge in [-0.1, -0.05) is 24.3 Å². The van der Waals surface area contributed by atoms with Crippen molar-refractivity contribution in [1.82, 2.24) is 4.90 Å². The number of aliphatic hydroxyl groups is 1. The van der Waals surface area contributed by atoms with Gasteiger partial charge in [-0.25, -0.2) is 0 Å². The second-order valence-electron chi connectivity index (χ2n) is 5.15. The summed E-state index contributed by atoms with van der Waals surface area (Å²) in [5.74, 6) is 0. The first-order chi connectivity index (χ1) is 7.83. The van der Waals surface area contributed by atoms with Gasteiger partial charge in [-0.15, -0.1) is 0 Å². The topological polar surface area (TPSA) is 23.5 Å². The van der Waals surface area contributed by atoms with Crippen LogP contribution in [-0.4, -0.2) is 22.2 Å². The molecule has 2 aliphatic rings. The highest BCUT2D eigenvalue weighted by Gasteiger charge is 2.29. The van der Waals surface area contributed by atoms with Crippen LogP contribution in [0.25, 0.3) is 0 Å². The summed E-state index contributed by atoms with van der Waals surface area (Å²) >= 11 is 0. The third-order valence-electron chi connectivity index (χ3n) is 4.00. The van der Waals surface area contributed by atoms with Crippen molar-refractivity contribution in [3.63, 3.8) is 0 Å². The second kappa shape index (κ2) is 4.19. The van der Waals surface area contributed by atoms with Crippen molar-refractivity contribution in [3.8, 4) is 0 Å². The van der Waals surface area contributed by atoms with Crippen LogP contribution in [0.2, 0.25) is 0 Å². The first-order valence-electron chi connectivity index (χ1n) is 6.32. The molecule has 1 heterocycles. The maximum Gasteiger partial charge on any atom is 0.0555 e. The summed E-state index contributed by atoms with van der Waals surface area (Å²) in [6, 6.07) is 9.30. The predicted octanol–water partition coefficient (Wildman–Crippen LogP) is 2.31. The Morgan fingerprint density at radius 3 is 2.38 bits per heavy atom. The molecule has 2 unspecified atom stereocenters. The summed E-state index contributed by atoms with van der Waals surface area (Å²) in [4.78, 5) is 2.53. The van der Waals surface area contributed by atoms with E-state index in [9.17, 15) is 5.11 Å². The van der Waals surface area contributed by atoms with Crippen LogP contribution in [0.4, 0.5) is 0 Å². The summed E-state index contributed by atoms with van der Waals surface area (Å²) in [5.41, 5.74) is 2.95. The molecule has 0 radical (unpaired) electrons. The van der Waals surface area contributed by atoms with Crippen molar-refractivity contribution in [1.29, 1.82) is 0 Å². The lowest BCUT2D eigenvalue weighted by Crippen LogP contribution is -2.36. The Morgan fingerprint density at radius 1 is 1.06 bits per heavy atom. The van der Waals surface area contributed by atoms with Crippen molar-refractivity contribution in [2.45, 2.75) is 50.9 Å². The van der Waals surface area contributed by atoms with Gasteiger partial charge in [-0.2, -0.15) is 0 Å². The molecule has 1 aliphatic carbocycles. The summed E-state index contributed by atoms with van der Waals surface area (Å²) in [7, 11) is 0. The molecular formula is C14H19NO. The van der Waals surface area contributed by atoms with Crippen LogP contribution in [0.1, 0.15) is 36.8 Å². The SMILES string of the molecule is OC1CCCC(N2Cc3ccccc3C2)C1. The van der Waals surface area contributed by atoms with E-state index in [1.54, 1.807) is 0 Å². The van der Waals surface area contributed by atoms with Gasteiger partial charge in [0.15, 0.2) is 0 Å². The highest BCUT2D eigenvalue weighted by Crippen LogP contribution is 2.30. The monoisotopic (exact) mass is 217 g/mol. The van der Waals surface area contributed by atoms with Gasteiger partial charge in [-0.05, 0) is 36.8 Å². The summed E-state index contributed by atoms with van der Waals surface area (Å²) in [6.45, 7) is 2.15. The largest absolute Gasteiger partial charge is 0.393 e. The molecule has 1 saturated carbocycles. The van der Waals surface area contributed by atoms with E-state index < -0.39 is 0 Å². The average Bonchev–Trinajstić information content (AvgIpc) is 2.72. The molecule has 1 aliphatic heterocycles. The molecule has 86 valence electrons. The van der Waals surface area contributed by atoms with E-state index in [-0.39, 0.29) is 6.10 Å². The second-order valence-corrected chi connectivity index (χ2v) is 5.15. The Labute approximate surface area is 96.9 Å². The van der Waals surface area contributed by atoms with Crippen LogP contribution in [0, 0.1) is 0 Å². The fraction of sp³-hybridized carbons (Fsp3) is 0.571. The lowest BCUT2D eigenvalue weighted by Gasteiger charge is -2.33. The Kier molecular flexibility index (Phi) is 2.70. The maximum atomic E-state index is 9.73. The van der Waals surface area contributed by atoms with E-state index in [1.807, 2.05) is 0 Å². The molecule has 1 aromatic carbocycles. The van der Waals surface area contributed by atoms with Gasteiger partial charge in [-0.3, -0.25) is 4.90 Å². The fourth-order valence-corrected chi connectivity index (χ4v) is 3.09. The van der Waals surface area contributed by atoms with Crippen molar-refractivity contribution in [2.75, 3.05) is 0 Å².